The molecule has 7 heteroatoms. The highest BCUT2D eigenvalue weighted by molar-refractivity contribution is 6.33. The molecule has 0 radical (unpaired) electrons. The van der Waals surface area contributed by atoms with Gasteiger partial charge in [0.2, 0.25) is 0 Å². The van der Waals surface area contributed by atoms with Crippen LogP contribution in [0.5, 0.6) is 0 Å². The minimum Gasteiger partial charge on any atom is -0.410 e. The van der Waals surface area contributed by atoms with Gasteiger partial charge in [-0.15, -0.1) is 0 Å². The average molecular weight is 299 g/mol. The summed E-state index contributed by atoms with van der Waals surface area (Å²) in [5.74, 6) is 0. The van der Waals surface area contributed by atoms with E-state index < -0.39 is 0 Å². The maximum absolute atomic E-state index is 8.94. The Morgan fingerprint density at radius 2 is 2.05 bits per heavy atom. The van der Waals surface area contributed by atoms with E-state index in [0.717, 1.165) is 44.1 Å². The summed E-state index contributed by atoms with van der Waals surface area (Å²) >= 11 is 6.30. The molecule has 0 aromatic heterocycles. The largest absolute Gasteiger partial charge is 0.410 e. The Hall–Kier alpha value is -1.50. The topological polar surface area (TPSA) is 71.3 Å². The first kappa shape index (κ1) is 14.9. The molecule has 1 aliphatic rings. The van der Waals surface area contributed by atoms with Crippen LogP contribution in [0.25, 0.3) is 0 Å². The van der Waals surface area contributed by atoms with Crippen LogP contribution in [0, 0.1) is 0 Å². The van der Waals surface area contributed by atoms with E-state index in [4.69, 9.17) is 21.9 Å². The molecule has 0 saturated carbocycles. The lowest BCUT2D eigenvalue weighted by Gasteiger charge is -2.36. The summed E-state index contributed by atoms with van der Waals surface area (Å²) in [4.78, 5) is 4.47. The zero-order valence-electron chi connectivity index (χ0n) is 11.2. The van der Waals surface area contributed by atoms with Crippen molar-refractivity contribution in [3.8, 4) is 0 Å². The molecule has 0 aliphatic carbocycles. The average Bonchev–Trinajstić information content (AvgIpc) is 2.47. The summed E-state index contributed by atoms with van der Waals surface area (Å²) in [5, 5.41) is 23.7. The van der Waals surface area contributed by atoms with Gasteiger partial charge >= 0.3 is 0 Å². The summed E-state index contributed by atoms with van der Waals surface area (Å²) in [6.45, 7) is 4.57. The molecule has 2 rings (SSSR count). The fraction of sp³-hybridized carbons (Fsp3) is 0.462. The van der Waals surface area contributed by atoms with Gasteiger partial charge in [-0.25, -0.2) is 0 Å². The van der Waals surface area contributed by atoms with Gasteiger partial charge in [0, 0.05) is 38.4 Å². The lowest BCUT2D eigenvalue weighted by atomic mass is 10.2. The van der Waals surface area contributed by atoms with E-state index in [2.05, 4.69) is 20.3 Å². The van der Waals surface area contributed by atoms with E-state index in [1.54, 1.807) is 6.07 Å². The number of anilines is 2. The molecule has 3 N–H and O–H groups in total. The van der Waals surface area contributed by atoms with Crippen LogP contribution in [-0.2, 0) is 0 Å². The summed E-state index contributed by atoms with van der Waals surface area (Å²) in [5.41, 5.74) is 1.78. The molecule has 0 unspecified atom stereocenters. The van der Waals surface area contributed by atoms with Crippen molar-refractivity contribution in [2.24, 2.45) is 5.16 Å². The molecule has 20 heavy (non-hydrogen) atoms. The molecular formula is C13H19ClN4O2. The lowest BCUT2D eigenvalue weighted by molar-refractivity contribution is 0.189. The summed E-state index contributed by atoms with van der Waals surface area (Å²) < 4.78 is 0. The van der Waals surface area contributed by atoms with Crippen molar-refractivity contribution in [3.63, 3.8) is 0 Å². The zero-order chi connectivity index (χ0) is 14.4. The van der Waals surface area contributed by atoms with Gasteiger partial charge in [-0.2, -0.15) is 0 Å². The fourth-order valence-electron chi connectivity index (χ4n) is 2.31. The smallest absolute Gasteiger partial charge is 0.132 e. The van der Waals surface area contributed by atoms with Crippen molar-refractivity contribution >= 4 is 29.3 Å². The number of piperazine rings is 1. The number of aliphatic hydroxyl groups is 1. The highest BCUT2D eigenvalue weighted by Crippen LogP contribution is 2.29. The van der Waals surface area contributed by atoms with Crippen molar-refractivity contribution in [2.45, 2.75) is 0 Å². The number of nitrogens with zero attached hydrogens (tertiary/aromatic N) is 3. The van der Waals surface area contributed by atoms with E-state index in [9.17, 15) is 0 Å². The van der Waals surface area contributed by atoms with Crippen molar-refractivity contribution in [3.05, 3.63) is 23.2 Å². The van der Waals surface area contributed by atoms with Crippen LogP contribution < -0.4 is 10.2 Å². The van der Waals surface area contributed by atoms with Gasteiger partial charge in [0.15, 0.2) is 0 Å². The third kappa shape index (κ3) is 3.75. The Bertz CT molecular complexity index is 462. The number of rotatable bonds is 5. The number of oxime groups is 1. The molecule has 1 aromatic carbocycles. The SMILES string of the molecule is OCCN1CCN(c2ccc(N/C=N/O)cc2Cl)CC1. The van der Waals surface area contributed by atoms with Crippen LogP contribution in [0.15, 0.2) is 23.4 Å². The van der Waals surface area contributed by atoms with E-state index in [1.165, 1.54) is 6.34 Å². The van der Waals surface area contributed by atoms with E-state index in [1.807, 2.05) is 12.1 Å². The van der Waals surface area contributed by atoms with Crippen molar-refractivity contribution in [2.75, 3.05) is 49.5 Å². The molecule has 1 aliphatic heterocycles. The minimum atomic E-state index is 0.202. The Morgan fingerprint density at radius 1 is 1.30 bits per heavy atom. The molecule has 1 aromatic rings. The first-order valence-electron chi connectivity index (χ1n) is 6.54. The summed E-state index contributed by atoms with van der Waals surface area (Å²) in [6, 6.07) is 5.65. The van der Waals surface area contributed by atoms with E-state index >= 15 is 0 Å². The van der Waals surface area contributed by atoms with Gasteiger partial charge < -0.3 is 20.5 Å². The fourth-order valence-corrected chi connectivity index (χ4v) is 2.61. The normalized spacial score (nSPS) is 16.8. The maximum Gasteiger partial charge on any atom is 0.132 e. The Labute approximate surface area is 123 Å². The number of nitrogens with one attached hydrogen (secondary N) is 1. The molecule has 1 fully saturated rings. The highest BCUT2D eigenvalue weighted by Gasteiger charge is 2.18. The number of hydrogen-bond donors (Lipinski definition) is 3. The van der Waals surface area contributed by atoms with E-state index in [0.29, 0.717) is 5.02 Å². The van der Waals surface area contributed by atoms with Crippen molar-refractivity contribution in [1.82, 2.24) is 4.90 Å². The van der Waals surface area contributed by atoms with Crippen LogP contribution in [-0.4, -0.2) is 60.9 Å². The molecule has 0 amide bonds. The van der Waals surface area contributed by atoms with E-state index in [-0.39, 0.29) is 6.61 Å². The third-order valence-electron chi connectivity index (χ3n) is 3.37. The van der Waals surface area contributed by atoms with Crippen LogP contribution in [0.1, 0.15) is 0 Å². The second kappa shape index (κ2) is 7.33. The Morgan fingerprint density at radius 3 is 2.65 bits per heavy atom. The van der Waals surface area contributed by atoms with Gasteiger partial charge in [0.1, 0.15) is 6.34 Å². The Balaban J connectivity index is 1.99. The van der Waals surface area contributed by atoms with Gasteiger partial charge in [0.05, 0.1) is 17.3 Å². The van der Waals surface area contributed by atoms with Gasteiger partial charge in [0.25, 0.3) is 0 Å². The standard InChI is InChI=1S/C13H19ClN4O2/c14-12-9-11(15-10-16-20)1-2-13(12)18-5-3-17(4-6-18)7-8-19/h1-2,9-10,19-20H,3-8H2,(H,15,16). The third-order valence-corrected chi connectivity index (χ3v) is 3.67. The second-order valence-electron chi connectivity index (χ2n) is 4.61. The molecule has 0 atom stereocenters. The molecule has 110 valence electrons. The predicted octanol–water partition coefficient (Wildman–Crippen LogP) is 1.28. The number of aliphatic hydroxyl groups excluding tert-OH is 1. The van der Waals surface area contributed by atoms with Gasteiger partial charge in [-0.05, 0) is 18.2 Å². The monoisotopic (exact) mass is 298 g/mol. The van der Waals surface area contributed by atoms with Crippen molar-refractivity contribution < 1.29 is 10.3 Å². The van der Waals surface area contributed by atoms with Crippen LogP contribution >= 0.6 is 11.6 Å². The second-order valence-corrected chi connectivity index (χ2v) is 5.01. The minimum absolute atomic E-state index is 0.202. The molecule has 6 nitrogen and oxygen atoms in total. The molecule has 0 bridgehead atoms. The first-order chi connectivity index (χ1) is 9.74. The predicted molar refractivity (Wildman–Crippen MR) is 81.1 cm³/mol. The number of halogens is 1. The van der Waals surface area contributed by atoms with Crippen LogP contribution in [0.2, 0.25) is 5.02 Å². The molecule has 1 saturated heterocycles. The summed E-state index contributed by atoms with van der Waals surface area (Å²) in [7, 11) is 0. The van der Waals surface area contributed by atoms with Crippen LogP contribution in [0.3, 0.4) is 0 Å². The summed E-state index contributed by atoms with van der Waals surface area (Å²) in [6.07, 6.45) is 1.19. The highest BCUT2D eigenvalue weighted by atomic mass is 35.5. The maximum atomic E-state index is 8.94. The van der Waals surface area contributed by atoms with Gasteiger partial charge in [-0.3, -0.25) is 4.90 Å². The number of benzene rings is 1. The molecular weight excluding hydrogens is 280 g/mol. The van der Waals surface area contributed by atoms with Gasteiger partial charge in [-0.1, -0.05) is 16.8 Å². The number of hydrogen-bond acceptors (Lipinski definition) is 5. The quantitative estimate of drug-likeness (QED) is 0.331. The molecule has 0 spiro atoms. The first-order valence-corrected chi connectivity index (χ1v) is 6.92. The molecule has 1 heterocycles. The van der Waals surface area contributed by atoms with Crippen LogP contribution in [0.4, 0.5) is 11.4 Å². The van der Waals surface area contributed by atoms with Crippen molar-refractivity contribution in [1.29, 1.82) is 0 Å². The zero-order valence-corrected chi connectivity index (χ0v) is 11.9. The number of β-amino-alcohol motifs (C(OH)–C–C–N with tert-alkyl or cyclic N) is 1. The lowest BCUT2D eigenvalue weighted by Crippen LogP contribution is -2.47. The Kier molecular flexibility index (Phi) is 5.46.